The van der Waals surface area contributed by atoms with Crippen LogP contribution in [0.5, 0.6) is 0 Å². The van der Waals surface area contributed by atoms with Crippen LogP contribution in [0.4, 0.5) is 19.0 Å². The standard InChI is InChI=1S/C20H25F3N4O3/c1-2-30-14-5-3-13(4-6-14)27-9-7-12(8-10-27)17-16-18(26-25-17)24-15(28)11-19(16,29)20(21,22)23/h3-5,12,14,29H,2,6-11H2,1H3,(H2,24,25,26,28). The van der Waals surface area contributed by atoms with Crippen LogP contribution in [0.25, 0.3) is 0 Å². The molecule has 3 N–H and O–H groups in total. The summed E-state index contributed by atoms with van der Waals surface area (Å²) in [7, 11) is 0. The van der Waals surface area contributed by atoms with Crippen LogP contribution in [0.3, 0.4) is 0 Å². The van der Waals surface area contributed by atoms with Crippen molar-refractivity contribution in [3.8, 4) is 0 Å². The number of nitrogens with zero attached hydrogens (tertiary/aromatic N) is 2. The van der Waals surface area contributed by atoms with E-state index < -0.39 is 24.1 Å². The molecule has 2 aliphatic heterocycles. The molecule has 2 unspecified atom stereocenters. The zero-order valence-electron chi connectivity index (χ0n) is 16.6. The highest BCUT2D eigenvalue weighted by molar-refractivity contribution is 5.94. The SMILES string of the molecule is CCOC1C=CC(N2CCC(c3[nH]nc4c3C(O)(C(F)(F)F)CC(=O)N4)CC2)=CC1. The molecule has 4 rings (SSSR count). The topological polar surface area (TPSA) is 90.5 Å². The summed E-state index contributed by atoms with van der Waals surface area (Å²) in [6.07, 6.45) is 2.24. The average Bonchev–Trinajstić information content (AvgIpc) is 3.12. The number of carbonyl (C=O) groups excluding carboxylic acids is 1. The summed E-state index contributed by atoms with van der Waals surface area (Å²) in [6.45, 7) is 3.95. The van der Waals surface area contributed by atoms with Gasteiger partial charge < -0.3 is 20.1 Å². The van der Waals surface area contributed by atoms with E-state index in [0.29, 0.717) is 32.5 Å². The van der Waals surface area contributed by atoms with Crippen molar-refractivity contribution in [1.29, 1.82) is 0 Å². The number of aromatic amines is 1. The molecule has 2 atom stereocenters. The number of ether oxygens (including phenoxy) is 1. The second-order valence-corrected chi connectivity index (χ2v) is 7.92. The molecule has 30 heavy (non-hydrogen) atoms. The third-order valence-corrected chi connectivity index (χ3v) is 6.04. The average molecular weight is 426 g/mol. The van der Waals surface area contributed by atoms with Gasteiger partial charge in [-0.05, 0) is 32.3 Å². The summed E-state index contributed by atoms with van der Waals surface area (Å²) in [5, 5.41) is 19.3. The molecule has 1 fully saturated rings. The van der Waals surface area contributed by atoms with Crippen molar-refractivity contribution in [2.75, 3.05) is 25.0 Å². The molecule has 10 heteroatoms. The molecule has 3 heterocycles. The van der Waals surface area contributed by atoms with Gasteiger partial charge in [0.25, 0.3) is 0 Å². The number of H-pyrrole nitrogens is 1. The number of carbonyl (C=O) groups is 1. The highest BCUT2D eigenvalue weighted by atomic mass is 19.4. The van der Waals surface area contributed by atoms with E-state index in [0.717, 1.165) is 12.1 Å². The van der Waals surface area contributed by atoms with Gasteiger partial charge in [0.05, 0.1) is 18.1 Å². The number of nitrogens with one attached hydrogen (secondary N) is 2. The van der Waals surface area contributed by atoms with E-state index in [-0.39, 0.29) is 29.1 Å². The number of hydrogen-bond acceptors (Lipinski definition) is 5. The Bertz CT molecular complexity index is 871. The van der Waals surface area contributed by atoms with Crippen LogP contribution in [0, 0.1) is 0 Å². The maximum absolute atomic E-state index is 13.7. The number of amides is 1. The fraction of sp³-hybridized carbons (Fsp3) is 0.600. The Morgan fingerprint density at radius 2 is 2.10 bits per heavy atom. The third-order valence-electron chi connectivity index (χ3n) is 6.04. The van der Waals surface area contributed by atoms with Gasteiger partial charge in [-0.3, -0.25) is 9.89 Å². The Morgan fingerprint density at radius 3 is 2.70 bits per heavy atom. The van der Waals surface area contributed by atoms with E-state index in [2.05, 4.69) is 26.5 Å². The van der Waals surface area contributed by atoms with E-state index in [1.165, 1.54) is 0 Å². The van der Waals surface area contributed by atoms with Crippen LogP contribution >= 0.6 is 0 Å². The lowest BCUT2D eigenvalue weighted by Gasteiger charge is -2.38. The minimum Gasteiger partial charge on any atom is -0.376 e. The Morgan fingerprint density at radius 1 is 1.37 bits per heavy atom. The molecule has 164 valence electrons. The van der Waals surface area contributed by atoms with Crippen molar-refractivity contribution in [1.82, 2.24) is 15.1 Å². The summed E-state index contributed by atoms with van der Waals surface area (Å²) in [6, 6.07) is 0. The molecule has 1 aliphatic carbocycles. The second kappa shape index (κ2) is 7.73. The first kappa shape index (κ1) is 20.9. The monoisotopic (exact) mass is 426 g/mol. The fourth-order valence-corrected chi connectivity index (χ4v) is 4.49. The van der Waals surface area contributed by atoms with Crippen LogP contribution in [-0.2, 0) is 15.1 Å². The maximum atomic E-state index is 13.7. The van der Waals surface area contributed by atoms with Crippen LogP contribution in [0.15, 0.2) is 23.9 Å². The number of aliphatic hydroxyl groups is 1. The first-order valence-electron chi connectivity index (χ1n) is 10.2. The number of fused-ring (bicyclic) bond motifs is 1. The van der Waals surface area contributed by atoms with Gasteiger partial charge >= 0.3 is 6.18 Å². The van der Waals surface area contributed by atoms with E-state index in [1.807, 2.05) is 19.1 Å². The van der Waals surface area contributed by atoms with Crippen molar-refractivity contribution >= 4 is 11.7 Å². The summed E-state index contributed by atoms with van der Waals surface area (Å²) in [5.41, 5.74) is -2.22. The molecule has 3 aliphatic rings. The van der Waals surface area contributed by atoms with E-state index in [1.54, 1.807) is 0 Å². The van der Waals surface area contributed by atoms with Gasteiger partial charge in [-0.15, -0.1) is 0 Å². The summed E-state index contributed by atoms with van der Waals surface area (Å²) in [5.74, 6) is -1.36. The molecule has 1 amide bonds. The molecule has 1 aromatic rings. The van der Waals surface area contributed by atoms with Crippen LogP contribution < -0.4 is 5.32 Å². The smallest absolute Gasteiger partial charge is 0.376 e. The normalized spacial score (nSPS) is 27.6. The Labute approximate surface area is 172 Å². The van der Waals surface area contributed by atoms with Crippen LogP contribution in [0.1, 0.15) is 49.8 Å². The number of rotatable bonds is 4. The number of allylic oxidation sites excluding steroid dienone is 1. The molecular weight excluding hydrogens is 401 g/mol. The zero-order valence-corrected chi connectivity index (χ0v) is 16.6. The van der Waals surface area contributed by atoms with Crippen molar-refractivity contribution in [2.45, 2.75) is 56.4 Å². The van der Waals surface area contributed by atoms with Crippen LogP contribution in [-0.4, -0.2) is 58.1 Å². The lowest BCUT2D eigenvalue weighted by molar-refractivity contribution is -0.267. The number of alkyl halides is 3. The third kappa shape index (κ3) is 3.62. The van der Waals surface area contributed by atoms with Crippen molar-refractivity contribution in [3.05, 3.63) is 35.2 Å². The van der Waals surface area contributed by atoms with Gasteiger partial charge in [0, 0.05) is 37.0 Å². The molecule has 0 spiro atoms. The van der Waals surface area contributed by atoms with Gasteiger partial charge in [0.2, 0.25) is 5.91 Å². The van der Waals surface area contributed by atoms with Crippen molar-refractivity contribution in [3.63, 3.8) is 0 Å². The van der Waals surface area contributed by atoms with Gasteiger partial charge in [-0.1, -0.05) is 12.2 Å². The van der Waals surface area contributed by atoms with E-state index in [9.17, 15) is 23.1 Å². The quantitative estimate of drug-likeness (QED) is 0.689. The van der Waals surface area contributed by atoms with Gasteiger partial charge in [0.1, 0.15) is 0 Å². The number of halogens is 3. The van der Waals surface area contributed by atoms with Crippen molar-refractivity contribution < 1.29 is 27.8 Å². The largest absolute Gasteiger partial charge is 0.422 e. The number of aromatic nitrogens is 2. The Balaban J connectivity index is 1.50. The fourth-order valence-electron chi connectivity index (χ4n) is 4.49. The zero-order chi connectivity index (χ0) is 21.5. The van der Waals surface area contributed by atoms with E-state index in [4.69, 9.17) is 4.74 Å². The molecule has 0 aromatic carbocycles. The molecule has 0 bridgehead atoms. The van der Waals surface area contributed by atoms with Crippen molar-refractivity contribution in [2.24, 2.45) is 0 Å². The first-order chi connectivity index (χ1) is 14.2. The molecule has 1 aromatic heterocycles. The number of likely N-dealkylation sites (tertiary alicyclic amines) is 1. The van der Waals surface area contributed by atoms with Crippen LogP contribution in [0.2, 0.25) is 0 Å². The minimum atomic E-state index is -4.98. The van der Waals surface area contributed by atoms with Gasteiger partial charge in [0.15, 0.2) is 11.4 Å². The number of hydrogen-bond donors (Lipinski definition) is 3. The predicted molar refractivity (Wildman–Crippen MR) is 103 cm³/mol. The first-order valence-corrected chi connectivity index (χ1v) is 10.2. The van der Waals surface area contributed by atoms with Gasteiger partial charge in [-0.25, -0.2) is 0 Å². The predicted octanol–water partition coefficient (Wildman–Crippen LogP) is 2.93. The van der Waals surface area contributed by atoms with E-state index >= 15 is 0 Å². The summed E-state index contributed by atoms with van der Waals surface area (Å²) in [4.78, 5) is 13.9. The van der Waals surface area contributed by atoms with Gasteiger partial charge in [-0.2, -0.15) is 18.3 Å². The maximum Gasteiger partial charge on any atom is 0.422 e. The summed E-state index contributed by atoms with van der Waals surface area (Å²) < 4.78 is 46.7. The minimum absolute atomic E-state index is 0.0862. The number of piperidine rings is 1. The second-order valence-electron chi connectivity index (χ2n) is 7.92. The molecular formula is C20H25F3N4O3. The molecule has 7 nitrogen and oxygen atoms in total. The highest BCUT2D eigenvalue weighted by Crippen LogP contribution is 2.49. The molecule has 0 radical (unpaired) electrons. The number of anilines is 1. The Hall–Kier alpha value is -2.33. The lowest BCUT2D eigenvalue weighted by atomic mass is 9.81. The Kier molecular flexibility index (Phi) is 5.39. The molecule has 0 saturated carbocycles. The highest BCUT2D eigenvalue weighted by Gasteiger charge is 2.61. The summed E-state index contributed by atoms with van der Waals surface area (Å²) >= 11 is 0. The lowest BCUT2D eigenvalue weighted by Crippen LogP contribution is -2.48. The molecule has 1 saturated heterocycles.